The summed E-state index contributed by atoms with van der Waals surface area (Å²) in [5.74, 6) is 0. The molecule has 0 unspecified atom stereocenters. The van der Waals surface area contributed by atoms with Gasteiger partial charge in [-0.2, -0.15) is 0 Å². The molecule has 0 aliphatic rings. The van der Waals surface area contributed by atoms with Gasteiger partial charge >= 0.3 is 30.6 Å². The van der Waals surface area contributed by atoms with Gasteiger partial charge in [0.2, 0.25) is 0 Å². The molecule has 0 aromatic rings. The quantitative estimate of drug-likeness (QED) is 0.422. The third-order valence-electron chi connectivity index (χ3n) is 0. The van der Waals surface area contributed by atoms with E-state index in [2.05, 4.69) is 43.8 Å². The monoisotopic (exact) mass is 212 g/mol. The van der Waals surface area contributed by atoms with Crippen molar-refractivity contribution in [1.29, 1.82) is 0 Å². The Morgan fingerprint density at radius 1 is 1.50 bits per heavy atom. The molecule has 0 fully saturated rings. The van der Waals surface area contributed by atoms with Crippen LogP contribution in [0.4, 0.5) is 0 Å². The van der Waals surface area contributed by atoms with Crippen LogP contribution in [-0.4, -0.2) is 0 Å². The van der Waals surface area contributed by atoms with E-state index in [-0.39, 0.29) is 0 Å². The van der Waals surface area contributed by atoms with Crippen LogP contribution >= 0.6 is 13.4 Å². The maximum Gasteiger partial charge on any atom is -0.288 e. The molecule has 0 aliphatic heterocycles. The van der Waals surface area contributed by atoms with Gasteiger partial charge in [0, 0.05) is 0 Å². The Morgan fingerprint density at radius 2 is 1.50 bits per heavy atom. The number of halogens is 1. The third-order valence-corrected chi connectivity index (χ3v) is 0. The van der Waals surface area contributed by atoms with E-state index in [0.717, 1.165) is 0 Å². The molecule has 0 saturated heterocycles. The molecule has 28 valence electrons. The second-order valence-corrected chi connectivity index (χ2v) is 0. The predicted molar refractivity (Wildman–Crippen MR) is 18.9 cm³/mol. The van der Waals surface area contributed by atoms with Crippen LogP contribution in [0.25, 0.3) is 0 Å². The van der Waals surface area contributed by atoms with Crippen molar-refractivity contribution in [2.24, 2.45) is 0 Å². The molecule has 0 radical (unpaired) electrons. The van der Waals surface area contributed by atoms with Gasteiger partial charge in [-0.15, -0.1) is 0 Å². The fraction of sp³-hybridized carbons (Fsp3) is 0. The molecule has 0 N–H and O–H groups in total. The summed E-state index contributed by atoms with van der Waals surface area (Å²) >= 11 is 5.35. The number of hydrogen-bond donors (Lipinski definition) is 0. The van der Waals surface area contributed by atoms with Crippen LogP contribution in [0.1, 0.15) is 0 Å². The minimum Gasteiger partial charge on any atom is -0.521 e. The van der Waals surface area contributed by atoms with Gasteiger partial charge in [0.25, 0.3) is 0 Å². The Labute approximate surface area is 43.9 Å². The average molecular weight is 213 g/mol. The molecule has 0 rings (SSSR count). The zero-order valence-corrected chi connectivity index (χ0v) is 5.12. The topological polar surface area (TPSA) is 0 Å². The van der Waals surface area contributed by atoms with Gasteiger partial charge in [-0.05, 0) is 0 Å². The summed E-state index contributed by atoms with van der Waals surface area (Å²) in [6, 6.07) is 0. The van der Waals surface area contributed by atoms with Gasteiger partial charge in [-0.25, -0.2) is 0 Å². The summed E-state index contributed by atoms with van der Waals surface area (Å²) in [7, 11) is 0. The maximum atomic E-state index is 4.25. The van der Waals surface area contributed by atoms with E-state index in [1.54, 1.807) is 0 Å². The largest absolute Gasteiger partial charge is 0.521 e. The molecule has 4 heavy (non-hydrogen) atoms. The summed E-state index contributed by atoms with van der Waals surface area (Å²) in [6.07, 6.45) is 0. The van der Waals surface area contributed by atoms with Gasteiger partial charge in [0.05, 0.1) is 0 Å². The predicted octanol–water partition coefficient (Wildman–Crippen LogP) is 1.45. The van der Waals surface area contributed by atoms with E-state index < -0.39 is 0 Å². The van der Waals surface area contributed by atoms with Crippen LogP contribution in [0.5, 0.6) is 0 Å². The van der Waals surface area contributed by atoms with E-state index >= 15 is 0 Å². The first-order valence-corrected chi connectivity index (χ1v) is 4.08. The van der Waals surface area contributed by atoms with Crippen LogP contribution < -0.4 is 0 Å². The van der Waals surface area contributed by atoms with Gasteiger partial charge in [-0.1, -0.05) is 0 Å². The average Bonchev–Trinajstić information content (AvgIpc) is 1.50. The maximum absolute atomic E-state index is 4.25. The summed E-state index contributed by atoms with van der Waals surface area (Å²) in [5, 5.41) is 0. The molecule has 0 heterocycles. The van der Waals surface area contributed by atoms with Crippen molar-refractivity contribution in [2.45, 2.75) is 0 Å². The molecule has 0 atom stereocenters. The zero-order valence-electron chi connectivity index (χ0n) is 1.98. The first-order chi connectivity index (χ1) is 2.00. The van der Waals surface area contributed by atoms with E-state index in [4.69, 9.17) is 0 Å². The van der Waals surface area contributed by atoms with Crippen molar-refractivity contribution in [2.75, 3.05) is 0 Å². The van der Waals surface area contributed by atoms with Crippen LogP contribution in [-0.2, 0) is 17.2 Å². The fourth-order valence-corrected chi connectivity index (χ4v) is 0. The minimum absolute atomic E-state index is 2.56. The SMILES string of the molecule is [Br][Pd+].[CH-]=C. The molecule has 0 aliphatic carbocycles. The summed E-state index contributed by atoms with van der Waals surface area (Å²) in [6.45, 7) is 7.00. The second kappa shape index (κ2) is 41.4. The van der Waals surface area contributed by atoms with E-state index in [9.17, 15) is 0 Å². The minimum atomic E-state index is 2.56. The molecule has 0 nitrogen and oxygen atoms in total. The standard InChI is InChI=1S/C2H3.BrH.Pd/c1-2;;/h1H,2H2;1H;/q-1;;+2/p-1. The Bertz CT molecular complexity index is 6.00. The molecule has 0 amide bonds. The first kappa shape index (κ1) is 8.86. The molecule has 0 saturated carbocycles. The van der Waals surface area contributed by atoms with Gasteiger partial charge in [0.15, 0.2) is 0 Å². The van der Waals surface area contributed by atoms with Gasteiger partial charge < -0.3 is 6.58 Å². The molecule has 2 heteroatoms. The Morgan fingerprint density at radius 3 is 1.50 bits per heavy atom. The first-order valence-electron chi connectivity index (χ1n) is 0.528. The normalized spacial score (nSPS) is 2.75. The van der Waals surface area contributed by atoms with Crippen molar-refractivity contribution in [3.05, 3.63) is 13.2 Å². The van der Waals surface area contributed by atoms with Crippen LogP contribution in [0.3, 0.4) is 0 Å². The summed E-state index contributed by atoms with van der Waals surface area (Å²) in [5.41, 5.74) is 0. The van der Waals surface area contributed by atoms with Crippen molar-refractivity contribution in [3.8, 4) is 0 Å². The van der Waals surface area contributed by atoms with E-state index in [1.807, 2.05) is 0 Å². The second-order valence-electron chi connectivity index (χ2n) is 0. The van der Waals surface area contributed by atoms with Crippen molar-refractivity contribution < 1.29 is 17.2 Å². The Hall–Kier alpha value is 0.882. The van der Waals surface area contributed by atoms with Crippen molar-refractivity contribution >= 4 is 13.4 Å². The summed E-state index contributed by atoms with van der Waals surface area (Å²) in [4.78, 5) is 0. The summed E-state index contributed by atoms with van der Waals surface area (Å²) < 4.78 is 0. The third kappa shape index (κ3) is 13.1. The smallest absolute Gasteiger partial charge is 0.288 e. The number of rotatable bonds is 0. The number of hydrogen-bond acceptors (Lipinski definition) is 0. The van der Waals surface area contributed by atoms with Gasteiger partial charge in [0.1, 0.15) is 0 Å². The van der Waals surface area contributed by atoms with E-state index in [1.165, 1.54) is 0 Å². The van der Waals surface area contributed by atoms with Crippen LogP contribution in [0, 0.1) is 6.58 Å². The Balaban J connectivity index is 0. The van der Waals surface area contributed by atoms with Crippen molar-refractivity contribution in [1.82, 2.24) is 0 Å². The molecule has 0 aromatic carbocycles. The molecule has 0 aromatic heterocycles. The molecule has 0 bridgehead atoms. The molecular formula is C2H3BrPd. The van der Waals surface area contributed by atoms with Crippen molar-refractivity contribution in [3.63, 3.8) is 0 Å². The molecule has 0 spiro atoms. The Kier molecular flexibility index (Phi) is 91.7. The zero-order chi connectivity index (χ0) is 4.00. The van der Waals surface area contributed by atoms with Gasteiger partial charge in [-0.3, -0.25) is 6.58 Å². The fourth-order valence-electron chi connectivity index (χ4n) is 0. The van der Waals surface area contributed by atoms with Crippen LogP contribution in [0.2, 0.25) is 0 Å². The van der Waals surface area contributed by atoms with Crippen LogP contribution in [0.15, 0.2) is 6.58 Å². The van der Waals surface area contributed by atoms with E-state index in [0.29, 0.717) is 0 Å². The molecular weight excluding hydrogens is 210 g/mol.